The van der Waals surface area contributed by atoms with Gasteiger partial charge < -0.3 is 10.2 Å². The van der Waals surface area contributed by atoms with Crippen molar-refractivity contribution in [2.45, 2.75) is 6.42 Å². The van der Waals surface area contributed by atoms with Gasteiger partial charge in [-0.25, -0.2) is 4.98 Å². The van der Waals surface area contributed by atoms with Crippen LogP contribution >= 0.6 is 11.6 Å². The molecule has 2 heterocycles. The first-order chi connectivity index (χ1) is 6.66. The van der Waals surface area contributed by atoms with Crippen LogP contribution in [-0.2, 0) is 4.79 Å². The number of hydrogen-bond acceptors (Lipinski definition) is 3. The number of fused-ring (bicyclic) bond motifs is 1. The number of nitrogens with zero attached hydrogens (tertiary/aromatic N) is 2. The Kier molecular flexibility index (Phi) is 2.29. The lowest BCUT2D eigenvalue weighted by Crippen LogP contribution is -2.18. The highest BCUT2D eigenvalue weighted by Crippen LogP contribution is 2.28. The van der Waals surface area contributed by atoms with Crippen LogP contribution in [0.2, 0.25) is 5.15 Å². The van der Waals surface area contributed by atoms with Crippen molar-refractivity contribution in [1.82, 2.24) is 4.98 Å². The Morgan fingerprint density at radius 2 is 2.43 bits per heavy atom. The van der Waals surface area contributed by atoms with Crippen molar-refractivity contribution < 1.29 is 4.79 Å². The number of amides is 1. The lowest BCUT2D eigenvalue weighted by Gasteiger charge is -2.17. The maximum atomic E-state index is 11.3. The summed E-state index contributed by atoms with van der Waals surface area (Å²) in [5.74, 6) is 0.0136. The van der Waals surface area contributed by atoms with Gasteiger partial charge in [-0.3, -0.25) is 4.79 Å². The van der Waals surface area contributed by atoms with E-state index in [-0.39, 0.29) is 5.91 Å². The Bertz CT molecular complexity index is 380. The molecule has 2 rings (SSSR count). The van der Waals surface area contributed by atoms with Gasteiger partial charge in [0.1, 0.15) is 5.15 Å². The van der Waals surface area contributed by atoms with E-state index in [1.54, 1.807) is 12.3 Å². The average molecular weight is 212 g/mol. The number of carbonyl (C=O) groups excluding carboxylic acids is 1. The first-order valence-corrected chi connectivity index (χ1v) is 4.71. The number of rotatable bonds is 0. The molecule has 1 aromatic heterocycles. The van der Waals surface area contributed by atoms with Crippen molar-refractivity contribution in [3.05, 3.63) is 17.4 Å². The molecule has 1 aliphatic heterocycles. The van der Waals surface area contributed by atoms with Crippen LogP contribution < -0.4 is 10.2 Å². The third kappa shape index (κ3) is 1.65. The Balaban J connectivity index is 2.46. The van der Waals surface area contributed by atoms with Gasteiger partial charge in [0.2, 0.25) is 5.91 Å². The monoisotopic (exact) mass is 211 g/mol. The summed E-state index contributed by atoms with van der Waals surface area (Å²) in [6.07, 6.45) is 2.07. The number of nitrogens with one attached hydrogen (secondary N) is 1. The summed E-state index contributed by atoms with van der Waals surface area (Å²) in [5, 5.41) is 3.22. The predicted molar refractivity (Wildman–Crippen MR) is 55.8 cm³/mol. The summed E-state index contributed by atoms with van der Waals surface area (Å²) < 4.78 is 0. The molecule has 1 amide bonds. The van der Waals surface area contributed by atoms with E-state index in [0.29, 0.717) is 18.1 Å². The van der Waals surface area contributed by atoms with Gasteiger partial charge in [-0.1, -0.05) is 11.6 Å². The Labute approximate surface area is 86.9 Å². The van der Waals surface area contributed by atoms with E-state index in [1.165, 1.54) is 0 Å². The number of pyridine rings is 1. The van der Waals surface area contributed by atoms with Crippen LogP contribution in [0.1, 0.15) is 6.42 Å². The van der Waals surface area contributed by atoms with E-state index in [0.717, 1.165) is 11.4 Å². The third-order valence-electron chi connectivity index (χ3n) is 2.21. The van der Waals surface area contributed by atoms with Crippen molar-refractivity contribution in [1.29, 1.82) is 0 Å². The fraction of sp³-hybridized carbons (Fsp3) is 0.333. The highest BCUT2D eigenvalue weighted by molar-refractivity contribution is 6.29. The maximum Gasteiger partial charge on any atom is 0.226 e. The molecule has 0 atom stereocenters. The summed E-state index contributed by atoms with van der Waals surface area (Å²) in [6.45, 7) is 0.694. The molecule has 74 valence electrons. The van der Waals surface area contributed by atoms with Crippen LogP contribution in [-0.4, -0.2) is 24.5 Å². The van der Waals surface area contributed by atoms with E-state index in [4.69, 9.17) is 11.6 Å². The zero-order valence-corrected chi connectivity index (χ0v) is 8.51. The lowest BCUT2D eigenvalue weighted by atomic mass is 10.3. The molecule has 1 aliphatic rings. The van der Waals surface area contributed by atoms with Crippen LogP contribution in [0.25, 0.3) is 0 Å². The number of anilines is 2. The second-order valence-electron chi connectivity index (χ2n) is 3.24. The van der Waals surface area contributed by atoms with Crippen molar-refractivity contribution >= 4 is 28.9 Å². The molecule has 0 aromatic carbocycles. The average Bonchev–Trinajstić information content (AvgIpc) is 2.29. The Hall–Kier alpha value is -1.29. The van der Waals surface area contributed by atoms with Gasteiger partial charge in [0.25, 0.3) is 0 Å². The smallest absolute Gasteiger partial charge is 0.226 e. The zero-order valence-electron chi connectivity index (χ0n) is 7.75. The van der Waals surface area contributed by atoms with E-state index in [9.17, 15) is 4.79 Å². The molecule has 0 radical (unpaired) electrons. The number of carbonyl (C=O) groups is 1. The Morgan fingerprint density at radius 1 is 1.64 bits per heavy atom. The number of aromatic nitrogens is 1. The highest BCUT2D eigenvalue weighted by Gasteiger charge is 2.16. The van der Waals surface area contributed by atoms with Crippen molar-refractivity contribution in [3.8, 4) is 0 Å². The molecule has 5 heteroatoms. The molecule has 1 N–H and O–H groups in total. The zero-order chi connectivity index (χ0) is 10.1. The van der Waals surface area contributed by atoms with E-state index in [2.05, 4.69) is 10.3 Å². The van der Waals surface area contributed by atoms with Crippen LogP contribution in [0.4, 0.5) is 11.4 Å². The van der Waals surface area contributed by atoms with Crippen molar-refractivity contribution in [2.24, 2.45) is 0 Å². The van der Waals surface area contributed by atoms with Gasteiger partial charge in [0, 0.05) is 26.1 Å². The molecule has 14 heavy (non-hydrogen) atoms. The maximum absolute atomic E-state index is 11.3. The summed E-state index contributed by atoms with van der Waals surface area (Å²) in [5.41, 5.74) is 1.63. The first-order valence-electron chi connectivity index (χ1n) is 4.33. The molecule has 1 aromatic rings. The summed E-state index contributed by atoms with van der Waals surface area (Å²) in [7, 11) is 1.93. The molecule has 0 bridgehead atoms. The second kappa shape index (κ2) is 3.46. The van der Waals surface area contributed by atoms with Gasteiger partial charge in [0.05, 0.1) is 17.6 Å². The number of halogens is 1. The van der Waals surface area contributed by atoms with Crippen molar-refractivity contribution in [2.75, 3.05) is 23.8 Å². The largest absolute Gasteiger partial charge is 0.372 e. The van der Waals surface area contributed by atoms with Gasteiger partial charge in [-0.2, -0.15) is 0 Å². The third-order valence-corrected chi connectivity index (χ3v) is 2.42. The molecule has 4 nitrogen and oxygen atoms in total. The van der Waals surface area contributed by atoms with Gasteiger partial charge in [-0.05, 0) is 0 Å². The van der Waals surface area contributed by atoms with Crippen LogP contribution in [0.15, 0.2) is 12.3 Å². The van der Waals surface area contributed by atoms with E-state index in [1.807, 2.05) is 11.9 Å². The van der Waals surface area contributed by atoms with Gasteiger partial charge >= 0.3 is 0 Å². The normalized spacial score (nSPS) is 15.9. The Morgan fingerprint density at radius 3 is 3.21 bits per heavy atom. The molecule has 0 saturated carbocycles. The van der Waals surface area contributed by atoms with Crippen LogP contribution in [0.5, 0.6) is 0 Å². The van der Waals surface area contributed by atoms with Gasteiger partial charge in [0.15, 0.2) is 0 Å². The lowest BCUT2D eigenvalue weighted by molar-refractivity contribution is -0.115. The second-order valence-corrected chi connectivity index (χ2v) is 3.63. The summed E-state index contributed by atoms with van der Waals surface area (Å²) in [4.78, 5) is 17.2. The minimum Gasteiger partial charge on any atom is -0.372 e. The standard InChI is InChI=1S/C9H10ClN3O/c1-13-3-2-9(14)12-6-5-11-8(10)4-7(6)13/h4-5H,2-3H2,1H3,(H,12,14). The minimum atomic E-state index is 0.0136. The first kappa shape index (κ1) is 9.27. The predicted octanol–water partition coefficient (Wildman–Crippen LogP) is 1.51. The van der Waals surface area contributed by atoms with Crippen molar-refractivity contribution in [3.63, 3.8) is 0 Å². The molecule has 0 aliphatic carbocycles. The topological polar surface area (TPSA) is 45.2 Å². The summed E-state index contributed by atoms with van der Waals surface area (Å²) in [6, 6.07) is 1.75. The summed E-state index contributed by atoms with van der Waals surface area (Å²) >= 11 is 5.78. The van der Waals surface area contributed by atoms with Crippen LogP contribution in [0.3, 0.4) is 0 Å². The van der Waals surface area contributed by atoms with E-state index < -0.39 is 0 Å². The highest BCUT2D eigenvalue weighted by atomic mass is 35.5. The van der Waals surface area contributed by atoms with Gasteiger partial charge in [-0.15, -0.1) is 0 Å². The molecule has 0 spiro atoms. The minimum absolute atomic E-state index is 0.0136. The quantitative estimate of drug-likeness (QED) is 0.662. The van der Waals surface area contributed by atoms with E-state index >= 15 is 0 Å². The molecular formula is C9H10ClN3O. The number of hydrogen-bond donors (Lipinski definition) is 1. The fourth-order valence-electron chi connectivity index (χ4n) is 1.43. The molecule has 0 unspecified atom stereocenters. The molecule has 0 saturated heterocycles. The van der Waals surface area contributed by atoms with Crippen LogP contribution in [0, 0.1) is 0 Å². The SMILES string of the molecule is CN1CCC(=O)Nc2cnc(Cl)cc21. The fourth-order valence-corrected chi connectivity index (χ4v) is 1.59. The molecular weight excluding hydrogens is 202 g/mol. The molecule has 0 fully saturated rings.